The molecular weight excluding hydrogens is 398 g/mol. The Labute approximate surface area is 170 Å². The predicted molar refractivity (Wildman–Crippen MR) is 110 cm³/mol. The Hall–Kier alpha value is -2.10. The van der Waals surface area contributed by atoms with Gasteiger partial charge in [-0.1, -0.05) is 43.8 Å². The number of benzene rings is 1. The number of hydrogen-bond donors (Lipinski definition) is 1. The summed E-state index contributed by atoms with van der Waals surface area (Å²) < 4.78 is 31.7. The number of aromatic nitrogens is 1. The first-order valence-corrected chi connectivity index (χ1v) is 11.4. The van der Waals surface area contributed by atoms with Crippen molar-refractivity contribution in [3.8, 4) is 5.75 Å². The molecule has 0 atom stereocenters. The van der Waals surface area contributed by atoms with Crippen LogP contribution in [-0.2, 0) is 14.8 Å². The molecule has 0 aliphatic heterocycles. The van der Waals surface area contributed by atoms with E-state index in [1.165, 1.54) is 28.3 Å². The van der Waals surface area contributed by atoms with Crippen LogP contribution >= 0.6 is 11.8 Å². The van der Waals surface area contributed by atoms with Gasteiger partial charge >= 0.3 is 0 Å². The maximum Gasteiger partial charge on any atom is 0.244 e. The van der Waals surface area contributed by atoms with Gasteiger partial charge in [0, 0.05) is 19.3 Å². The van der Waals surface area contributed by atoms with Crippen LogP contribution in [0.1, 0.15) is 13.8 Å². The van der Waals surface area contributed by atoms with E-state index in [0.717, 1.165) is 5.75 Å². The molecule has 2 aromatic rings. The van der Waals surface area contributed by atoms with Crippen molar-refractivity contribution in [3.05, 3.63) is 48.7 Å². The molecule has 0 spiro atoms. The van der Waals surface area contributed by atoms with E-state index in [0.29, 0.717) is 31.3 Å². The standard InChI is InChI=1S/C19H25N3O4S2/c1-3-22(4-2)28(24,25)17-10-11-19(21-14-17)27-15-18(23)20-12-13-26-16-8-6-5-7-9-16/h5-11,14H,3-4,12-13,15H2,1-2H3,(H,20,23). The number of nitrogens with one attached hydrogen (secondary N) is 1. The van der Waals surface area contributed by atoms with Crippen molar-refractivity contribution in [2.24, 2.45) is 0 Å². The fraction of sp³-hybridized carbons (Fsp3) is 0.368. The molecule has 0 aliphatic carbocycles. The molecule has 0 saturated carbocycles. The lowest BCUT2D eigenvalue weighted by Crippen LogP contribution is -2.30. The van der Waals surface area contributed by atoms with Crippen molar-refractivity contribution >= 4 is 27.7 Å². The summed E-state index contributed by atoms with van der Waals surface area (Å²) in [6, 6.07) is 12.5. The number of pyridine rings is 1. The van der Waals surface area contributed by atoms with Gasteiger partial charge in [-0.25, -0.2) is 13.4 Å². The monoisotopic (exact) mass is 423 g/mol. The molecule has 1 heterocycles. The zero-order chi connectivity index (χ0) is 20.4. The highest BCUT2D eigenvalue weighted by atomic mass is 32.2. The van der Waals surface area contributed by atoms with Gasteiger partial charge in [0.05, 0.1) is 17.3 Å². The molecule has 0 unspecified atom stereocenters. The van der Waals surface area contributed by atoms with Gasteiger partial charge in [0.25, 0.3) is 0 Å². The number of sulfonamides is 1. The smallest absolute Gasteiger partial charge is 0.244 e. The summed E-state index contributed by atoms with van der Waals surface area (Å²) in [6.07, 6.45) is 1.33. The molecule has 0 fully saturated rings. The molecule has 1 aromatic heterocycles. The summed E-state index contributed by atoms with van der Waals surface area (Å²) in [5.74, 6) is 0.818. The summed E-state index contributed by atoms with van der Waals surface area (Å²) in [6.45, 7) is 5.19. The van der Waals surface area contributed by atoms with E-state index in [1.807, 2.05) is 30.3 Å². The van der Waals surface area contributed by atoms with E-state index in [1.54, 1.807) is 19.9 Å². The second-order valence-electron chi connectivity index (χ2n) is 5.72. The minimum atomic E-state index is -3.52. The van der Waals surface area contributed by atoms with Crippen molar-refractivity contribution in [2.75, 3.05) is 32.0 Å². The number of thioether (sulfide) groups is 1. The van der Waals surface area contributed by atoms with Gasteiger partial charge in [0.1, 0.15) is 17.3 Å². The Morgan fingerprint density at radius 2 is 1.86 bits per heavy atom. The first kappa shape index (κ1) is 22.2. The molecule has 0 aliphatic rings. The third kappa shape index (κ3) is 6.50. The Bertz CT molecular complexity index is 839. The molecule has 1 amide bonds. The number of para-hydroxylation sites is 1. The van der Waals surface area contributed by atoms with Crippen LogP contribution < -0.4 is 10.1 Å². The molecule has 7 nitrogen and oxygen atoms in total. The van der Waals surface area contributed by atoms with E-state index in [2.05, 4.69) is 10.3 Å². The summed E-state index contributed by atoms with van der Waals surface area (Å²) in [7, 11) is -3.52. The van der Waals surface area contributed by atoms with E-state index < -0.39 is 10.0 Å². The highest BCUT2D eigenvalue weighted by Gasteiger charge is 2.21. The highest BCUT2D eigenvalue weighted by molar-refractivity contribution is 7.99. The summed E-state index contributed by atoms with van der Waals surface area (Å²) in [5.41, 5.74) is 0. The van der Waals surface area contributed by atoms with Crippen molar-refractivity contribution in [3.63, 3.8) is 0 Å². The summed E-state index contributed by atoms with van der Waals surface area (Å²) in [5, 5.41) is 3.37. The first-order valence-electron chi connectivity index (χ1n) is 9.01. The average Bonchev–Trinajstić information content (AvgIpc) is 2.71. The van der Waals surface area contributed by atoms with Crippen molar-refractivity contribution in [1.82, 2.24) is 14.6 Å². The van der Waals surface area contributed by atoms with Crippen LogP contribution in [0.4, 0.5) is 0 Å². The fourth-order valence-electron chi connectivity index (χ4n) is 2.38. The number of carbonyl (C=O) groups is 1. The van der Waals surface area contributed by atoms with E-state index >= 15 is 0 Å². The summed E-state index contributed by atoms with van der Waals surface area (Å²) in [4.78, 5) is 16.2. The summed E-state index contributed by atoms with van der Waals surface area (Å²) >= 11 is 1.25. The third-order valence-corrected chi connectivity index (χ3v) is 6.82. The van der Waals surface area contributed by atoms with E-state index in [-0.39, 0.29) is 16.6 Å². The van der Waals surface area contributed by atoms with Gasteiger partial charge in [0.15, 0.2) is 0 Å². The number of carbonyl (C=O) groups excluding carboxylic acids is 1. The number of hydrogen-bond acceptors (Lipinski definition) is 6. The van der Waals surface area contributed by atoms with Crippen molar-refractivity contribution in [2.45, 2.75) is 23.8 Å². The average molecular weight is 424 g/mol. The molecule has 28 heavy (non-hydrogen) atoms. The Kier molecular flexibility index (Phi) is 8.75. The normalized spacial score (nSPS) is 11.4. The molecule has 0 saturated heterocycles. The quantitative estimate of drug-likeness (QED) is 0.441. The molecule has 1 N–H and O–H groups in total. The minimum Gasteiger partial charge on any atom is -0.492 e. The predicted octanol–water partition coefficient (Wildman–Crippen LogP) is 2.40. The third-order valence-electron chi connectivity index (χ3n) is 3.84. The Morgan fingerprint density at radius 1 is 1.14 bits per heavy atom. The highest BCUT2D eigenvalue weighted by Crippen LogP contribution is 2.19. The lowest BCUT2D eigenvalue weighted by molar-refractivity contribution is -0.118. The Morgan fingerprint density at radius 3 is 2.46 bits per heavy atom. The molecule has 1 aromatic carbocycles. The van der Waals surface area contributed by atoms with Gasteiger partial charge < -0.3 is 10.1 Å². The molecule has 9 heteroatoms. The van der Waals surface area contributed by atoms with Gasteiger partial charge in [-0.2, -0.15) is 4.31 Å². The second-order valence-corrected chi connectivity index (χ2v) is 8.66. The Balaban J connectivity index is 1.76. The number of rotatable bonds is 11. The number of amides is 1. The zero-order valence-electron chi connectivity index (χ0n) is 16.0. The topological polar surface area (TPSA) is 88.6 Å². The molecule has 152 valence electrons. The first-order chi connectivity index (χ1) is 13.5. The van der Waals surface area contributed by atoms with Crippen LogP contribution in [0.2, 0.25) is 0 Å². The second kappa shape index (κ2) is 11.0. The number of ether oxygens (including phenoxy) is 1. The maximum absolute atomic E-state index is 12.4. The SMILES string of the molecule is CCN(CC)S(=O)(=O)c1ccc(SCC(=O)NCCOc2ccccc2)nc1. The van der Waals surface area contributed by atoms with Crippen molar-refractivity contribution in [1.29, 1.82) is 0 Å². The van der Waals surface area contributed by atoms with Crippen molar-refractivity contribution < 1.29 is 17.9 Å². The van der Waals surface area contributed by atoms with Gasteiger partial charge in [-0.15, -0.1) is 0 Å². The zero-order valence-corrected chi connectivity index (χ0v) is 17.6. The minimum absolute atomic E-state index is 0.136. The lowest BCUT2D eigenvalue weighted by atomic mass is 10.3. The van der Waals surface area contributed by atoms with Gasteiger partial charge in [-0.05, 0) is 24.3 Å². The van der Waals surface area contributed by atoms with Crippen LogP contribution in [0.3, 0.4) is 0 Å². The molecule has 0 bridgehead atoms. The van der Waals surface area contributed by atoms with E-state index in [4.69, 9.17) is 4.74 Å². The van der Waals surface area contributed by atoms with Crippen LogP contribution in [0, 0.1) is 0 Å². The van der Waals surface area contributed by atoms with E-state index in [9.17, 15) is 13.2 Å². The molecular formula is C19H25N3O4S2. The fourth-order valence-corrected chi connectivity index (χ4v) is 4.46. The van der Waals surface area contributed by atoms with Gasteiger partial charge in [0.2, 0.25) is 15.9 Å². The van der Waals surface area contributed by atoms with Crippen LogP contribution in [0.5, 0.6) is 5.75 Å². The lowest BCUT2D eigenvalue weighted by Gasteiger charge is -2.18. The largest absolute Gasteiger partial charge is 0.492 e. The maximum atomic E-state index is 12.4. The van der Waals surface area contributed by atoms with Gasteiger partial charge in [-0.3, -0.25) is 4.79 Å². The van der Waals surface area contributed by atoms with Crippen LogP contribution in [-0.4, -0.2) is 55.6 Å². The molecule has 0 radical (unpaired) electrons. The van der Waals surface area contributed by atoms with Crippen LogP contribution in [0.15, 0.2) is 58.6 Å². The van der Waals surface area contributed by atoms with Crippen LogP contribution in [0.25, 0.3) is 0 Å². The number of nitrogens with zero attached hydrogens (tertiary/aromatic N) is 2. The molecule has 2 rings (SSSR count).